The third kappa shape index (κ3) is 3.60. The van der Waals surface area contributed by atoms with Crippen LogP contribution in [0.5, 0.6) is 0 Å². The van der Waals surface area contributed by atoms with Gasteiger partial charge in [0.05, 0.1) is 18.3 Å². The number of hydrogen-bond acceptors (Lipinski definition) is 4. The molecule has 0 unspecified atom stereocenters. The number of nitrogens with zero attached hydrogens (tertiary/aromatic N) is 3. The fraction of sp³-hybridized carbons (Fsp3) is 0.118. The molecule has 122 valence electrons. The molecule has 5 nitrogen and oxygen atoms in total. The van der Waals surface area contributed by atoms with E-state index in [2.05, 4.69) is 15.4 Å². The number of nitrogens with one attached hydrogen (secondary N) is 1. The lowest BCUT2D eigenvalue weighted by Gasteiger charge is -2.11. The second kappa shape index (κ2) is 7.51. The maximum absolute atomic E-state index is 12.5. The maximum atomic E-state index is 12.5. The number of halogens is 1. The Labute approximate surface area is 149 Å². The van der Waals surface area contributed by atoms with E-state index in [4.69, 9.17) is 11.6 Å². The molecule has 1 aromatic carbocycles. The average Bonchev–Trinajstić information content (AvgIpc) is 3.03. The summed E-state index contributed by atoms with van der Waals surface area (Å²) in [4.78, 5) is 16.7. The minimum absolute atomic E-state index is 0.214. The van der Waals surface area contributed by atoms with Gasteiger partial charge in [0.25, 0.3) is 5.91 Å². The second-order valence-corrected chi connectivity index (χ2v) is 6.18. The molecule has 0 saturated heterocycles. The molecule has 2 aromatic heterocycles. The monoisotopic (exact) mass is 358 g/mol. The Hall–Kier alpha value is -2.31. The zero-order valence-corrected chi connectivity index (χ0v) is 14.5. The largest absolute Gasteiger partial charge is 0.307 e. The van der Waals surface area contributed by atoms with Gasteiger partial charge in [-0.3, -0.25) is 4.79 Å². The Kier molecular flexibility index (Phi) is 5.17. The van der Waals surface area contributed by atoms with Gasteiger partial charge >= 0.3 is 0 Å². The van der Waals surface area contributed by atoms with Crippen molar-refractivity contribution in [2.75, 3.05) is 11.6 Å². The van der Waals surface area contributed by atoms with E-state index in [0.717, 1.165) is 5.56 Å². The van der Waals surface area contributed by atoms with Crippen LogP contribution in [0.25, 0.3) is 0 Å². The van der Waals surface area contributed by atoms with E-state index in [1.165, 1.54) is 11.8 Å². The molecule has 7 heteroatoms. The molecule has 0 aliphatic rings. The van der Waals surface area contributed by atoms with E-state index in [1.54, 1.807) is 35.3 Å². The normalized spacial score (nSPS) is 10.6. The summed E-state index contributed by atoms with van der Waals surface area (Å²) in [6, 6.07) is 12.8. The van der Waals surface area contributed by atoms with E-state index < -0.39 is 0 Å². The number of amides is 1. The fourth-order valence-corrected chi connectivity index (χ4v) is 3.01. The smallest absolute Gasteiger partial charge is 0.259 e. The van der Waals surface area contributed by atoms with Gasteiger partial charge in [-0.05, 0) is 30.0 Å². The first kappa shape index (κ1) is 16.5. The summed E-state index contributed by atoms with van der Waals surface area (Å²) in [5.41, 5.74) is 1.47. The van der Waals surface area contributed by atoms with E-state index in [9.17, 15) is 4.79 Å². The molecule has 0 aliphatic carbocycles. The predicted molar refractivity (Wildman–Crippen MR) is 96.8 cm³/mol. The summed E-state index contributed by atoms with van der Waals surface area (Å²) in [6.45, 7) is 0.477. The van der Waals surface area contributed by atoms with Crippen molar-refractivity contribution in [3.8, 4) is 0 Å². The number of pyridine rings is 1. The van der Waals surface area contributed by atoms with Crippen LogP contribution >= 0.6 is 23.4 Å². The van der Waals surface area contributed by atoms with Crippen LogP contribution < -0.4 is 5.32 Å². The molecule has 0 atom stereocenters. The van der Waals surface area contributed by atoms with E-state index in [-0.39, 0.29) is 5.91 Å². The van der Waals surface area contributed by atoms with Crippen LogP contribution in [0.4, 0.5) is 5.82 Å². The van der Waals surface area contributed by atoms with Crippen molar-refractivity contribution in [2.45, 2.75) is 11.6 Å². The molecule has 0 saturated carbocycles. The molecule has 1 N–H and O–H groups in total. The van der Waals surface area contributed by atoms with Gasteiger partial charge in [0.15, 0.2) is 0 Å². The molecule has 0 aliphatic heterocycles. The number of carbonyl (C=O) groups is 1. The number of benzene rings is 1. The van der Waals surface area contributed by atoms with Crippen molar-refractivity contribution >= 4 is 35.1 Å². The molecule has 24 heavy (non-hydrogen) atoms. The zero-order valence-electron chi connectivity index (χ0n) is 12.9. The maximum Gasteiger partial charge on any atom is 0.259 e. The minimum Gasteiger partial charge on any atom is -0.307 e. The number of hydrogen-bond donors (Lipinski definition) is 1. The van der Waals surface area contributed by atoms with Crippen molar-refractivity contribution in [1.29, 1.82) is 0 Å². The number of aromatic nitrogens is 3. The lowest BCUT2D eigenvalue weighted by Crippen LogP contribution is -2.17. The first-order chi connectivity index (χ1) is 11.7. The lowest BCUT2D eigenvalue weighted by atomic mass is 10.2. The van der Waals surface area contributed by atoms with Gasteiger partial charge in [-0.25, -0.2) is 9.67 Å². The summed E-state index contributed by atoms with van der Waals surface area (Å²) in [5.74, 6) is 0.393. The molecule has 1 amide bonds. The van der Waals surface area contributed by atoms with Gasteiger partial charge in [-0.2, -0.15) is 5.10 Å². The number of thioether (sulfide) groups is 1. The van der Waals surface area contributed by atoms with Crippen LogP contribution in [-0.4, -0.2) is 26.9 Å². The molecule has 3 rings (SSSR count). The van der Waals surface area contributed by atoms with Crippen LogP contribution in [0.2, 0.25) is 5.02 Å². The highest BCUT2D eigenvalue weighted by Gasteiger charge is 2.14. The number of carbonyl (C=O) groups excluding carboxylic acids is 1. The molecule has 0 fully saturated rings. The van der Waals surface area contributed by atoms with Gasteiger partial charge in [0.2, 0.25) is 0 Å². The van der Waals surface area contributed by atoms with E-state index >= 15 is 0 Å². The Morgan fingerprint density at radius 2 is 2.04 bits per heavy atom. The first-order valence-electron chi connectivity index (χ1n) is 7.24. The van der Waals surface area contributed by atoms with E-state index in [1.807, 2.05) is 30.5 Å². The quantitative estimate of drug-likeness (QED) is 0.701. The van der Waals surface area contributed by atoms with Crippen molar-refractivity contribution in [3.05, 3.63) is 71.0 Å². The Morgan fingerprint density at radius 3 is 2.83 bits per heavy atom. The summed E-state index contributed by atoms with van der Waals surface area (Å²) in [7, 11) is 0. The van der Waals surface area contributed by atoms with Crippen LogP contribution in [-0.2, 0) is 6.54 Å². The molecule has 0 radical (unpaired) electrons. The van der Waals surface area contributed by atoms with Gasteiger partial charge < -0.3 is 5.32 Å². The first-order valence-corrected chi connectivity index (χ1v) is 8.85. The summed E-state index contributed by atoms with van der Waals surface area (Å²) < 4.78 is 1.70. The van der Waals surface area contributed by atoms with Gasteiger partial charge in [-0.15, -0.1) is 11.8 Å². The van der Waals surface area contributed by atoms with Crippen molar-refractivity contribution in [3.63, 3.8) is 0 Å². The summed E-state index contributed by atoms with van der Waals surface area (Å²) >= 11 is 7.63. The van der Waals surface area contributed by atoms with Crippen molar-refractivity contribution in [2.24, 2.45) is 0 Å². The Bertz CT molecular complexity index is 865. The van der Waals surface area contributed by atoms with Gasteiger partial charge in [0.1, 0.15) is 10.8 Å². The molecule has 3 aromatic rings. The topological polar surface area (TPSA) is 59.8 Å². The van der Waals surface area contributed by atoms with E-state index in [0.29, 0.717) is 28.0 Å². The Balaban J connectivity index is 1.81. The third-order valence-corrected chi connectivity index (χ3v) is 4.53. The summed E-state index contributed by atoms with van der Waals surface area (Å²) in [6.07, 6.45) is 5.20. The molecule has 0 spiro atoms. The molecule has 0 bridgehead atoms. The third-order valence-electron chi connectivity index (χ3n) is 3.45. The fourth-order valence-electron chi connectivity index (χ4n) is 2.26. The highest BCUT2D eigenvalue weighted by molar-refractivity contribution is 7.98. The highest BCUT2D eigenvalue weighted by Crippen LogP contribution is 2.20. The predicted octanol–water partition coefficient (Wildman–Crippen LogP) is 3.95. The molecule has 2 heterocycles. The highest BCUT2D eigenvalue weighted by atomic mass is 35.5. The second-order valence-electron chi connectivity index (χ2n) is 4.98. The van der Waals surface area contributed by atoms with Crippen LogP contribution in [0.1, 0.15) is 15.9 Å². The van der Waals surface area contributed by atoms with Crippen LogP contribution in [0.15, 0.2) is 59.9 Å². The Morgan fingerprint density at radius 1 is 1.21 bits per heavy atom. The molecular formula is C17H15ClN4OS. The lowest BCUT2D eigenvalue weighted by molar-refractivity contribution is 0.102. The summed E-state index contributed by atoms with van der Waals surface area (Å²) in [5, 5.41) is 8.51. The number of anilines is 1. The van der Waals surface area contributed by atoms with Crippen molar-refractivity contribution < 1.29 is 4.79 Å². The van der Waals surface area contributed by atoms with Crippen molar-refractivity contribution in [1.82, 2.24) is 14.8 Å². The minimum atomic E-state index is -0.214. The molecular weight excluding hydrogens is 344 g/mol. The standard InChI is InChI=1S/C17H15ClN4OS/c1-24-17-13(6-4-9-19-17)16(23)21-15-8-10-20-22(15)11-12-5-2-3-7-14(12)18/h2-10H,11H2,1H3,(H,21,23). The van der Waals surface area contributed by atoms with Crippen LogP contribution in [0.3, 0.4) is 0 Å². The van der Waals surface area contributed by atoms with Crippen LogP contribution in [0, 0.1) is 0 Å². The average molecular weight is 359 g/mol. The SMILES string of the molecule is CSc1ncccc1C(=O)Nc1ccnn1Cc1ccccc1Cl. The van der Waals surface area contributed by atoms with Gasteiger partial charge in [0, 0.05) is 17.3 Å². The van der Waals surface area contributed by atoms with Gasteiger partial charge in [-0.1, -0.05) is 29.8 Å². The zero-order chi connectivity index (χ0) is 16.9. The number of rotatable bonds is 5.